The summed E-state index contributed by atoms with van der Waals surface area (Å²) in [7, 11) is -3.51. The van der Waals surface area contributed by atoms with Gasteiger partial charge in [-0.05, 0) is 0 Å². The molecule has 0 spiro atoms. The molecule has 0 aromatic rings. The number of aliphatic hydroxyl groups excluding tert-OH is 2. The van der Waals surface area contributed by atoms with Gasteiger partial charge in [0.2, 0.25) is 0 Å². The van der Waals surface area contributed by atoms with Crippen molar-refractivity contribution in [2.75, 3.05) is 19.4 Å². The van der Waals surface area contributed by atoms with Crippen LogP contribution in [0.3, 0.4) is 0 Å². The Balaban J connectivity index is 3.61. The highest BCUT2D eigenvalue weighted by Crippen LogP contribution is 2.40. The van der Waals surface area contributed by atoms with Gasteiger partial charge in [-0.1, -0.05) is 6.92 Å². The molecule has 68 valence electrons. The largest absolute Gasteiger partial charge is 0.394 e. The van der Waals surface area contributed by atoms with Crippen molar-refractivity contribution >= 4 is 7.60 Å². The maximum Gasteiger partial charge on any atom is 0.327 e. The van der Waals surface area contributed by atoms with Crippen LogP contribution >= 0.6 is 7.60 Å². The van der Waals surface area contributed by atoms with Crippen LogP contribution in [-0.4, -0.2) is 40.6 Å². The van der Waals surface area contributed by atoms with Crippen molar-refractivity contribution in [3.63, 3.8) is 0 Å². The Bertz CT molecular complexity index is 148. The van der Waals surface area contributed by atoms with Gasteiger partial charge in [-0.25, -0.2) is 0 Å². The van der Waals surface area contributed by atoms with Crippen LogP contribution in [0.5, 0.6) is 0 Å². The van der Waals surface area contributed by atoms with Crippen LogP contribution in [0.2, 0.25) is 0 Å². The zero-order valence-corrected chi connectivity index (χ0v) is 7.20. The number of hydrogen-bond acceptors (Lipinski definition) is 4. The Morgan fingerprint density at radius 1 is 1.64 bits per heavy atom. The molecule has 11 heavy (non-hydrogen) atoms. The predicted molar refractivity (Wildman–Crippen MR) is 39.4 cm³/mol. The molecular weight excluding hydrogens is 171 g/mol. The van der Waals surface area contributed by atoms with E-state index in [0.29, 0.717) is 0 Å². The average Bonchev–Trinajstić information content (AvgIpc) is 2.00. The molecule has 0 fully saturated rings. The fraction of sp³-hybridized carbons (Fsp3) is 1.00. The van der Waals surface area contributed by atoms with Gasteiger partial charge in [-0.15, -0.1) is 0 Å². The highest BCUT2D eigenvalue weighted by molar-refractivity contribution is 7.52. The zero-order chi connectivity index (χ0) is 8.91. The predicted octanol–water partition coefficient (Wildman–Crippen LogP) is -0.439. The second-order valence-electron chi connectivity index (χ2n) is 2.09. The van der Waals surface area contributed by atoms with E-state index in [2.05, 4.69) is 4.52 Å². The maximum absolute atomic E-state index is 10.7. The number of rotatable bonds is 5. The standard InChI is InChI=1S/C5H13O5P/c1-2-11(8,9)10-4-5(7)3-6/h5-7H,2-4H2,1H3,(H,8,9). The topological polar surface area (TPSA) is 87.0 Å². The monoisotopic (exact) mass is 184 g/mol. The Kier molecular flexibility index (Phi) is 4.88. The van der Waals surface area contributed by atoms with E-state index >= 15 is 0 Å². The van der Waals surface area contributed by atoms with E-state index in [9.17, 15) is 4.57 Å². The smallest absolute Gasteiger partial charge is 0.327 e. The van der Waals surface area contributed by atoms with Crippen molar-refractivity contribution in [3.8, 4) is 0 Å². The van der Waals surface area contributed by atoms with Crippen molar-refractivity contribution in [2.24, 2.45) is 0 Å². The average molecular weight is 184 g/mol. The third kappa shape index (κ3) is 5.35. The Hall–Kier alpha value is 0.0700. The molecule has 5 nitrogen and oxygen atoms in total. The Morgan fingerprint density at radius 3 is 2.55 bits per heavy atom. The summed E-state index contributed by atoms with van der Waals surface area (Å²) in [4.78, 5) is 8.81. The molecule has 3 N–H and O–H groups in total. The zero-order valence-electron chi connectivity index (χ0n) is 6.30. The lowest BCUT2D eigenvalue weighted by molar-refractivity contribution is 0.0498. The molecule has 0 saturated heterocycles. The molecular formula is C5H13O5P. The highest BCUT2D eigenvalue weighted by Gasteiger charge is 2.17. The van der Waals surface area contributed by atoms with E-state index in [-0.39, 0.29) is 12.8 Å². The molecule has 2 unspecified atom stereocenters. The SMILES string of the molecule is CCP(=O)(O)OCC(O)CO. The molecule has 0 aromatic carbocycles. The van der Waals surface area contributed by atoms with Gasteiger partial charge < -0.3 is 19.6 Å². The first-order valence-electron chi connectivity index (χ1n) is 3.27. The maximum atomic E-state index is 10.7. The van der Waals surface area contributed by atoms with Crippen molar-refractivity contribution in [3.05, 3.63) is 0 Å². The van der Waals surface area contributed by atoms with Crippen molar-refractivity contribution in [1.82, 2.24) is 0 Å². The van der Waals surface area contributed by atoms with Crippen LogP contribution in [0.1, 0.15) is 6.92 Å². The lowest BCUT2D eigenvalue weighted by atomic mass is 10.4. The van der Waals surface area contributed by atoms with Crippen LogP contribution in [0, 0.1) is 0 Å². The summed E-state index contributed by atoms with van der Waals surface area (Å²) in [5, 5.41) is 17.0. The van der Waals surface area contributed by atoms with Gasteiger partial charge >= 0.3 is 7.60 Å². The molecule has 0 radical (unpaired) electrons. The Morgan fingerprint density at radius 2 is 2.18 bits per heavy atom. The van der Waals surface area contributed by atoms with Crippen LogP contribution in [-0.2, 0) is 9.09 Å². The van der Waals surface area contributed by atoms with Gasteiger partial charge in [-0.3, -0.25) is 4.57 Å². The van der Waals surface area contributed by atoms with Crippen LogP contribution in [0.15, 0.2) is 0 Å². The molecule has 0 saturated carbocycles. The molecule has 0 rings (SSSR count). The first kappa shape index (κ1) is 11.1. The van der Waals surface area contributed by atoms with Gasteiger partial charge in [0, 0.05) is 6.16 Å². The normalized spacial score (nSPS) is 19.3. The van der Waals surface area contributed by atoms with E-state index in [1.807, 2.05) is 0 Å². The number of aliphatic hydroxyl groups is 2. The highest BCUT2D eigenvalue weighted by atomic mass is 31.2. The molecule has 0 aliphatic rings. The summed E-state index contributed by atoms with van der Waals surface area (Å²) in [5.41, 5.74) is 0. The Labute approximate surface area is 65.2 Å². The molecule has 0 bridgehead atoms. The van der Waals surface area contributed by atoms with Crippen molar-refractivity contribution < 1.29 is 24.2 Å². The van der Waals surface area contributed by atoms with Gasteiger partial charge in [0.05, 0.1) is 13.2 Å². The van der Waals surface area contributed by atoms with E-state index < -0.39 is 20.3 Å². The summed E-state index contributed by atoms with van der Waals surface area (Å²) < 4.78 is 15.2. The quantitative estimate of drug-likeness (QED) is 0.504. The summed E-state index contributed by atoms with van der Waals surface area (Å²) in [6.07, 6.45) is -1.08. The first-order valence-corrected chi connectivity index (χ1v) is 5.03. The molecule has 0 aromatic heterocycles. The minimum Gasteiger partial charge on any atom is -0.394 e. The second kappa shape index (κ2) is 4.85. The van der Waals surface area contributed by atoms with Gasteiger partial charge in [-0.2, -0.15) is 0 Å². The lowest BCUT2D eigenvalue weighted by Crippen LogP contribution is -2.18. The van der Waals surface area contributed by atoms with Crippen molar-refractivity contribution in [2.45, 2.75) is 13.0 Å². The van der Waals surface area contributed by atoms with E-state index in [1.165, 1.54) is 6.92 Å². The third-order valence-corrected chi connectivity index (χ3v) is 2.43. The lowest BCUT2D eigenvalue weighted by Gasteiger charge is -2.11. The fourth-order valence-corrected chi connectivity index (χ4v) is 0.934. The first-order chi connectivity index (χ1) is 5.02. The molecule has 6 heteroatoms. The van der Waals surface area contributed by atoms with Crippen LogP contribution in [0.25, 0.3) is 0 Å². The number of hydrogen-bond donors (Lipinski definition) is 3. The summed E-state index contributed by atoms with van der Waals surface area (Å²) in [5.74, 6) is 0. The molecule has 2 atom stereocenters. The van der Waals surface area contributed by atoms with E-state index in [1.54, 1.807) is 0 Å². The van der Waals surface area contributed by atoms with Gasteiger partial charge in [0.15, 0.2) is 0 Å². The molecule has 0 amide bonds. The minimum absolute atomic E-state index is 0.00511. The summed E-state index contributed by atoms with van der Waals surface area (Å²) in [6.45, 7) is 0.730. The molecule has 0 heterocycles. The van der Waals surface area contributed by atoms with E-state index in [4.69, 9.17) is 15.1 Å². The van der Waals surface area contributed by atoms with Crippen molar-refractivity contribution in [1.29, 1.82) is 0 Å². The summed E-state index contributed by atoms with van der Waals surface area (Å²) in [6, 6.07) is 0. The van der Waals surface area contributed by atoms with Gasteiger partial charge in [0.25, 0.3) is 0 Å². The van der Waals surface area contributed by atoms with Gasteiger partial charge in [0.1, 0.15) is 6.10 Å². The van der Waals surface area contributed by atoms with Crippen LogP contribution in [0.4, 0.5) is 0 Å². The third-order valence-electron chi connectivity index (χ3n) is 1.08. The second-order valence-corrected chi connectivity index (χ2v) is 4.25. The summed E-state index contributed by atoms with van der Waals surface area (Å²) >= 11 is 0. The molecule has 0 aliphatic carbocycles. The molecule has 0 aliphatic heterocycles. The fourth-order valence-electron chi connectivity index (χ4n) is 0.346. The van der Waals surface area contributed by atoms with E-state index in [0.717, 1.165) is 0 Å². The minimum atomic E-state index is -3.51. The van der Waals surface area contributed by atoms with Crippen LogP contribution < -0.4 is 0 Å².